The summed E-state index contributed by atoms with van der Waals surface area (Å²) in [7, 11) is 2.10. The van der Waals surface area contributed by atoms with Gasteiger partial charge in [-0.1, -0.05) is 6.07 Å². The summed E-state index contributed by atoms with van der Waals surface area (Å²) in [6.07, 6.45) is 0. The minimum absolute atomic E-state index is 0.340. The van der Waals surface area contributed by atoms with Gasteiger partial charge in [0.25, 0.3) is 0 Å². The lowest BCUT2D eigenvalue weighted by Crippen LogP contribution is -2.22. The van der Waals surface area contributed by atoms with Crippen molar-refractivity contribution in [3.63, 3.8) is 0 Å². The van der Waals surface area contributed by atoms with Gasteiger partial charge in [0.05, 0.1) is 11.9 Å². The largest absolute Gasteiger partial charge is 0.383 e. The van der Waals surface area contributed by atoms with E-state index in [1.54, 1.807) is 22.7 Å². The monoisotopic (exact) mass is 332 g/mol. The molecule has 6 heteroatoms. The van der Waals surface area contributed by atoms with E-state index in [1.165, 1.54) is 15.3 Å². The number of hydrogen-bond donors (Lipinski definition) is 1. The first-order valence-corrected chi connectivity index (χ1v) is 8.92. The summed E-state index contributed by atoms with van der Waals surface area (Å²) in [5, 5.41) is 3.12. The quantitative estimate of drug-likeness (QED) is 0.780. The van der Waals surface area contributed by atoms with Gasteiger partial charge in [-0.05, 0) is 44.8 Å². The van der Waals surface area contributed by atoms with Crippen LogP contribution in [0.3, 0.4) is 0 Å². The molecule has 0 radical (unpaired) electrons. The number of fused-ring (bicyclic) bond motifs is 1. The number of aryl methyl sites for hydroxylation is 2. The maximum atomic E-state index is 6.16. The normalized spacial score (nSPS) is 13.1. The molecule has 0 saturated carbocycles. The second kappa shape index (κ2) is 5.95. The molecule has 1 atom stereocenters. The van der Waals surface area contributed by atoms with Gasteiger partial charge in [-0.15, -0.1) is 22.7 Å². The fourth-order valence-corrected chi connectivity index (χ4v) is 4.41. The van der Waals surface area contributed by atoms with Gasteiger partial charge in [0, 0.05) is 15.8 Å². The van der Waals surface area contributed by atoms with Crippen LogP contribution in [0.25, 0.3) is 10.2 Å². The number of anilines is 1. The molecule has 0 aliphatic carbocycles. The highest BCUT2D eigenvalue weighted by Gasteiger charge is 2.17. The molecular formula is C16H20N4S2. The molecule has 0 aromatic carbocycles. The van der Waals surface area contributed by atoms with Crippen molar-refractivity contribution in [2.24, 2.45) is 0 Å². The molecule has 0 bridgehead atoms. The number of rotatable bonds is 4. The lowest BCUT2D eigenvalue weighted by Gasteiger charge is -2.23. The summed E-state index contributed by atoms with van der Waals surface area (Å²) in [6, 6.07) is 4.59. The zero-order valence-electron chi connectivity index (χ0n) is 13.3. The molecule has 22 heavy (non-hydrogen) atoms. The maximum Gasteiger partial charge on any atom is 0.146 e. The highest BCUT2D eigenvalue weighted by Crippen LogP contribution is 2.32. The first-order chi connectivity index (χ1) is 10.5. The summed E-state index contributed by atoms with van der Waals surface area (Å²) >= 11 is 3.47. The van der Waals surface area contributed by atoms with Crippen molar-refractivity contribution in [1.29, 1.82) is 0 Å². The van der Waals surface area contributed by atoms with Crippen LogP contribution in [-0.4, -0.2) is 21.9 Å². The fraction of sp³-hybridized carbons (Fsp3) is 0.375. The smallest absolute Gasteiger partial charge is 0.146 e. The molecule has 3 aromatic rings. The SMILES string of the molecule is Cc1sc2nc(CN(C)[C@H](C)c3cccs3)nc(N)c2c1C. The Morgan fingerprint density at radius 2 is 2.09 bits per heavy atom. The average Bonchev–Trinajstić information content (AvgIpc) is 3.07. The predicted molar refractivity (Wildman–Crippen MR) is 95.5 cm³/mol. The molecule has 116 valence electrons. The fourth-order valence-electron chi connectivity index (χ4n) is 2.50. The summed E-state index contributed by atoms with van der Waals surface area (Å²) in [6.45, 7) is 7.08. The molecule has 2 N–H and O–H groups in total. The third kappa shape index (κ3) is 2.74. The molecule has 0 aliphatic heterocycles. The highest BCUT2D eigenvalue weighted by atomic mass is 32.1. The van der Waals surface area contributed by atoms with Gasteiger partial charge in [0.2, 0.25) is 0 Å². The van der Waals surface area contributed by atoms with Crippen molar-refractivity contribution in [2.75, 3.05) is 12.8 Å². The number of thiophene rings is 2. The van der Waals surface area contributed by atoms with Gasteiger partial charge < -0.3 is 5.73 Å². The van der Waals surface area contributed by atoms with Crippen LogP contribution >= 0.6 is 22.7 Å². The van der Waals surface area contributed by atoms with Gasteiger partial charge in [0.15, 0.2) is 0 Å². The highest BCUT2D eigenvalue weighted by molar-refractivity contribution is 7.18. The molecule has 0 saturated heterocycles. The van der Waals surface area contributed by atoms with Crippen LogP contribution in [0.2, 0.25) is 0 Å². The van der Waals surface area contributed by atoms with E-state index in [0.717, 1.165) is 16.0 Å². The zero-order chi connectivity index (χ0) is 15.9. The molecule has 3 aromatic heterocycles. The van der Waals surface area contributed by atoms with E-state index in [9.17, 15) is 0 Å². The molecule has 3 rings (SSSR count). The Bertz CT molecular complexity index is 792. The van der Waals surface area contributed by atoms with Gasteiger partial charge in [-0.25, -0.2) is 9.97 Å². The molecule has 3 heterocycles. The number of nitrogen functional groups attached to an aromatic ring is 1. The number of nitrogens with two attached hydrogens (primary N) is 1. The van der Waals surface area contributed by atoms with Crippen molar-refractivity contribution in [2.45, 2.75) is 33.4 Å². The average molecular weight is 332 g/mol. The molecular weight excluding hydrogens is 312 g/mol. The van der Waals surface area contributed by atoms with E-state index < -0.39 is 0 Å². The summed E-state index contributed by atoms with van der Waals surface area (Å²) in [5.74, 6) is 1.39. The topological polar surface area (TPSA) is 55.0 Å². The van der Waals surface area contributed by atoms with Crippen molar-refractivity contribution in [3.8, 4) is 0 Å². The van der Waals surface area contributed by atoms with Crippen LogP contribution in [0.15, 0.2) is 17.5 Å². The second-order valence-corrected chi connectivity index (χ2v) is 7.78. The predicted octanol–water partition coefficient (Wildman–Crippen LogP) is 4.14. The van der Waals surface area contributed by atoms with E-state index in [0.29, 0.717) is 18.4 Å². The van der Waals surface area contributed by atoms with Crippen molar-refractivity contribution in [1.82, 2.24) is 14.9 Å². The Hall–Kier alpha value is -1.50. The standard InChI is InChI=1S/C16H20N4S2/c1-9-11(3)22-16-14(9)15(17)18-13(19-16)8-20(4)10(2)12-6-5-7-21-12/h5-7,10H,8H2,1-4H3,(H2,17,18,19)/t10-/m1/s1. The van der Waals surface area contributed by atoms with Gasteiger partial charge >= 0.3 is 0 Å². The molecule has 0 fully saturated rings. The lowest BCUT2D eigenvalue weighted by molar-refractivity contribution is 0.250. The maximum absolute atomic E-state index is 6.16. The van der Waals surface area contributed by atoms with Gasteiger partial charge in [-0.3, -0.25) is 4.90 Å². The summed E-state index contributed by atoms with van der Waals surface area (Å²) < 4.78 is 0. The third-order valence-electron chi connectivity index (χ3n) is 4.11. The first kappa shape index (κ1) is 15.4. The van der Waals surface area contributed by atoms with E-state index in [-0.39, 0.29) is 0 Å². The Kier molecular flexibility index (Phi) is 4.16. The van der Waals surface area contributed by atoms with Crippen LogP contribution in [0, 0.1) is 13.8 Å². The van der Waals surface area contributed by atoms with Crippen molar-refractivity contribution >= 4 is 38.7 Å². The Balaban J connectivity index is 1.88. The molecule has 4 nitrogen and oxygen atoms in total. The summed E-state index contributed by atoms with van der Waals surface area (Å²) in [4.78, 5) is 15.1. The van der Waals surface area contributed by atoms with E-state index in [1.807, 2.05) is 0 Å². The summed E-state index contributed by atoms with van der Waals surface area (Å²) in [5.41, 5.74) is 7.36. The number of aromatic nitrogens is 2. The van der Waals surface area contributed by atoms with E-state index in [2.05, 4.69) is 55.2 Å². The molecule has 0 spiro atoms. The van der Waals surface area contributed by atoms with Crippen molar-refractivity contribution < 1.29 is 0 Å². The number of nitrogens with zero attached hydrogens (tertiary/aromatic N) is 3. The second-order valence-electron chi connectivity index (χ2n) is 5.59. The first-order valence-electron chi connectivity index (χ1n) is 7.23. The Morgan fingerprint density at radius 1 is 1.32 bits per heavy atom. The van der Waals surface area contributed by atoms with Crippen LogP contribution in [0.5, 0.6) is 0 Å². The Morgan fingerprint density at radius 3 is 2.77 bits per heavy atom. The van der Waals surface area contributed by atoms with Crippen LogP contribution < -0.4 is 5.73 Å². The molecule has 0 amide bonds. The molecule has 0 unspecified atom stereocenters. The van der Waals surface area contributed by atoms with E-state index in [4.69, 9.17) is 10.7 Å². The van der Waals surface area contributed by atoms with Gasteiger partial charge in [-0.2, -0.15) is 0 Å². The Labute approximate surface area is 138 Å². The minimum atomic E-state index is 0.340. The third-order valence-corrected chi connectivity index (χ3v) is 6.25. The van der Waals surface area contributed by atoms with Crippen LogP contribution in [0.1, 0.15) is 34.1 Å². The zero-order valence-corrected chi connectivity index (χ0v) is 14.9. The lowest BCUT2D eigenvalue weighted by atomic mass is 10.2. The van der Waals surface area contributed by atoms with Crippen molar-refractivity contribution in [3.05, 3.63) is 38.7 Å². The van der Waals surface area contributed by atoms with Crippen LogP contribution in [0.4, 0.5) is 5.82 Å². The minimum Gasteiger partial charge on any atom is -0.383 e. The van der Waals surface area contributed by atoms with Gasteiger partial charge in [0.1, 0.15) is 16.5 Å². The number of hydrogen-bond acceptors (Lipinski definition) is 6. The van der Waals surface area contributed by atoms with E-state index >= 15 is 0 Å². The van der Waals surface area contributed by atoms with Crippen LogP contribution in [-0.2, 0) is 6.54 Å². The molecule has 0 aliphatic rings.